The molecule has 92 valence electrons. The number of nitrogens with two attached hydrogens (primary N) is 1. The van der Waals surface area contributed by atoms with Crippen molar-refractivity contribution in [2.45, 2.75) is 31.6 Å². The van der Waals surface area contributed by atoms with Gasteiger partial charge in [-0.2, -0.15) is 0 Å². The average Bonchev–Trinajstić information content (AvgIpc) is 2.47. The molecule has 3 heteroatoms. The van der Waals surface area contributed by atoms with E-state index < -0.39 is 0 Å². The largest absolute Gasteiger partial charge is 0.397 e. The Balaban J connectivity index is 2.18. The predicted molar refractivity (Wildman–Crippen MR) is 72.7 cm³/mol. The highest BCUT2D eigenvalue weighted by atomic mass is 35.5. The van der Waals surface area contributed by atoms with Crippen molar-refractivity contribution in [1.29, 1.82) is 0 Å². The second kappa shape index (κ2) is 4.18. The van der Waals surface area contributed by atoms with Crippen LogP contribution in [0.25, 0.3) is 0 Å². The summed E-state index contributed by atoms with van der Waals surface area (Å²) in [4.78, 5) is 2.43. The fourth-order valence-corrected chi connectivity index (χ4v) is 3.65. The molecule has 1 atom stereocenters. The topological polar surface area (TPSA) is 29.3 Å². The third kappa shape index (κ3) is 1.84. The van der Waals surface area contributed by atoms with Gasteiger partial charge in [0.2, 0.25) is 0 Å². The number of nitrogen functional groups attached to an aromatic ring is 1. The van der Waals surface area contributed by atoms with Crippen LogP contribution in [0, 0.1) is 0 Å². The SMILES string of the molecule is CN1CCc2cc(Cl)c(N)c3c2C(CCC3)C1. The number of likely N-dealkylation sites (N-methyl/N-ethyl adjacent to an activating group) is 1. The molecule has 17 heavy (non-hydrogen) atoms. The molecule has 3 rings (SSSR count). The van der Waals surface area contributed by atoms with E-state index in [9.17, 15) is 0 Å². The monoisotopic (exact) mass is 250 g/mol. The average molecular weight is 251 g/mol. The van der Waals surface area contributed by atoms with Crippen LogP contribution in [0.15, 0.2) is 6.07 Å². The minimum absolute atomic E-state index is 0.667. The molecule has 1 aromatic rings. The van der Waals surface area contributed by atoms with Gasteiger partial charge in [-0.05, 0) is 61.4 Å². The van der Waals surface area contributed by atoms with Gasteiger partial charge in [-0.25, -0.2) is 0 Å². The van der Waals surface area contributed by atoms with Crippen LogP contribution in [0.4, 0.5) is 5.69 Å². The number of benzene rings is 1. The lowest BCUT2D eigenvalue weighted by Crippen LogP contribution is -2.25. The van der Waals surface area contributed by atoms with Gasteiger partial charge in [-0.3, -0.25) is 0 Å². The molecular formula is C14H19ClN2. The number of halogens is 1. The lowest BCUT2D eigenvalue weighted by Gasteiger charge is -2.29. The van der Waals surface area contributed by atoms with Gasteiger partial charge >= 0.3 is 0 Å². The Labute approximate surface area is 108 Å². The van der Waals surface area contributed by atoms with Crippen molar-refractivity contribution in [2.24, 2.45) is 0 Å². The minimum Gasteiger partial charge on any atom is -0.397 e. The molecule has 0 aromatic heterocycles. The molecule has 1 aliphatic heterocycles. The molecule has 1 aliphatic carbocycles. The molecule has 2 N–H and O–H groups in total. The van der Waals surface area contributed by atoms with E-state index in [-0.39, 0.29) is 0 Å². The first kappa shape index (κ1) is 11.4. The van der Waals surface area contributed by atoms with Crippen molar-refractivity contribution in [2.75, 3.05) is 25.9 Å². The van der Waals surface area contributed by atoms with E-state index in [1.165, 1.54) is 36.1 Å². The molecule has 1 heterocycles. The summed E-state index contributed by atoms with van der Waals surface area (Å²) in [5.41, 5.74) is 11.3. The maximum atomic E-state index is 6.25. The third-order valence-electron chi connectivity index (χ3n) is 4.24. The first-order valence-corrected chi connectivity index (χ1v) is 6.82. The van der Waals surface area contributed by atoms with Gasteiger partial charge in [-0.1, -0.05) is 11.6 Å². The standard InChI is InChI=1S/C14H19ClN2/c1-17-6-5-9-7-12(15)14(16)11-4-2-3-10(8-17)13(9)11/h7,10H,2-6,8,16H2,1H3. The zero-order chi connectivity index (χ0) is 12.0. The van der Waals surface area contributed by atoms with Crippen LogP contribution in [-0.4, -0.2) is 25.0 Å². The molecule has 1 aromatic carbocycles. The molecule has 0 saturated heterocycles. The highest BCUT2D eigenvalue weighted by Crippen LogP contribution is 2.41. The van der Waals surface area contributed by atoms with E-state index in [0.717, 1.165) is 30.1 Å². The summed E-state index contributed by atoms with van der Waals surface area (Å²) >= 11 is 6.25. The van der Waals surface area contributed by atoms with Crippen molar-refractivity contribution in [1.82, 2.24) is 4.90 Å². The van der Waals surface area contributed by atoms with Crippen LogP contribution in [0.5, 0.6) is 0 Å². The van der Waals surface area contributed by atoms with E-state index in [2.05, 4.69) is 18.0 Å². The van der Waals surface area contributed by atoms with Crippen LogP contribution in [-0.2, 0) is 12.8 Å². The Morgan fingerprint density at radius 3 is 3.06 bits per heavy atom. The van der Waals surface area contributed by atoms with Gasteiger partial charge in [0.25, 0.3) is 0 Å². The minimum atomic E-state index is 0.667. The maximum Gasteiger partial charge on any atom is 0.0641 e. The van der Waals surface area contributed by atoms with E-state index in [1.54, 1.807) is 0 Å². The van der Waals surface area contributed by atoms with Gasteiger partial charge in [0.15, 0.2) is 0 Å². The Morgan fingerprint density at radius 2 is 2.24 bits per heavy atom. The van der Waals surface area contributed by atoms with Crippen LogP contribution < -0.4 is 5.73 Å². The second-order valence-electron chi connectivity index (χ2n) is 5.42. The van der Waals surface area contributed by atoms with Crippen molar-refractivity contribution in [3.8, 4) is 0 Å². The molecule has 2 aliphatic rings. The smallest absolute Gasteiger partial charge is 0.0641 e. The zero-order valence-corrected chi connectivity index (χ0v) is 11.1. The number of anilines is 1. The van der Waals surface area contributed by atoms with Gasteiger partial charge in [0.1, 0.15) is 0 Å². The molecule has 0 bridgehead atoms. The highest BCUT2D eigenvalue weighted by Gasteiger charge is 2.29. The van der Waals surface area contributed by atoms with E-state index >= 15 is 0 Å². The van der Waals surface area contributed by atoms with Crippen molar-refractivity contribution in [3.63, 3.8) is 0 Å². The van der Waals surface area contributed by atoms with Crippen LogP contribution in [0.1, 0.15) is 35.4 Å². The first-order chi connectivity index (χ1) is 8.16. The Bertz CT molecular complexity index is 456. The summed E-state index contributed by atoms with van der Waals surface area (Å²) in [6, 6.07) is 2.10. The predicted octanol–water partition coefficient (Wildman–Crippen LogP) is 2.83. The lowest BCUT2D eigenvalue weighted by atomic mass is 9.79. The van der Waals surface area contributed by atoms with Crippen LogP contribution in [0.2, 0.25) is 5.02 Å². The number of nitrogens with zero attached hydrogens (tertiary/aromatic N) is 1. The Hall–Kier alpha value is -0.730. The zero-order valence-electron chi connectivity index (χ0n) is 10.3. The van der Waals surface area contributed by atoms with Gasteiger partial charge in [0.05, 0.1) is 10.7 Å². The van der Waals surface area contributed by atoms with Crippen LogP contribution >= 0.6 is 11.6 Å². The second-order valence-corrected chi connectivity index (χ2v) is 5.83. The fraction of sp³-hybridized carbons (Fsp3) is 0.571. The van der Waals surface area contributed by atoms with Gasteiger partial charge < -0.3 is 10.6 Å². The van der Waals surface area contributed by atoms with Crippen molar-refractivity contribution < 1.29 is 0 Å². The maximum absolute atomic E-state index is 6.25. The van der Waals surface area contributed by atoms with Crippen molar-refractivity contribution in [3.05, 3.63) is 27.8 Å². The highest BCUT2D eigenvalue weighted by molar-refractivity contribution is 6.33. The summed E-state index contributed by atoms with van der Waals surface area (Å²) in [6.45, 7) is 2.30. The molecule has 0 saturated carbocycles. The normalized spacial score (nSPS) is 24.2. The molecule has 1 unspecified atom stereocenters. The molecule has 2 nitrogen and oxygen atoms in total. The van der Waals surface area contributed by atoms with Crippen molar-refractivity contribution >= 4 is 17.3 Å². The summed E-state index contributed by atoms with van der Waals surface area (Å²) in [6.07, 6.45) is 4.76. The summed E-state index contributed by atoms with van der Waals surface area (Å²) in [5.74, 6) is 0.667. The third-order valence-corrected chi connectivity index (χ3v) is 4.55. The van der Waals surface area contributed by atoms with E-state index in [0.29, 0.717) is 5.92 Å². The number of rotatable bonds is 0. The molecular weight excluding hydrogens is 232 g/mol. The van der Waals surface area contributed by atoms with E-state index in [1.807, 2.05) is 0 Å². The Kier molecular flexibility index (Phi) is 2.80. The van der Waals surface area contributed by atoms with E-state index in [4.69, 9.17) is 17.3 Å². The molecule has 0 spiro atoms. The quantitative estimate of drug-likeness (QED) is 0.718. The molecule has 0 amide bonds. The van der Waals surface area contributed by atoms with Crippen LogP contribution in [0.3, 0.4) is 0 Å². The molecule has 0 fully saturated rings. The number of hydrogen-bond donors (Lipinski definition) is 1. The van der Waals surface area contributed by atoms with Gasteiger partial charge in [-0.15, -0.1) is 0 Å². The summed E-state index contributed by atoms with van der Waals surface area (Å²) in [7, 11) is 2.21. The lowest BCUT2D eigenvalue weighted by molar-refractivity contribution is 0.313. The summed E-state index contributed by atoms with van der Waals surface area (Å²) < 4.78 is 0. The number of hydrogen-bond acceptors (Lipinski definition) is 2. The summed E-state index contributed by atoms with van der Waals surface area (Å²) in [5, 5.41) is 0.754. The fourth-order valence-electron chi connectivity index (χ4n) is 3.41. The van der Waals surface area contributed by atoms with Gasteiger partial charge in [0, 0.05) is 13.1 Å². The molecule has 0 radical (unpaired) electrons. The Morgan fingerprint density at radius 1 is 1.41 bits per heavy atom. The first-order valence-electron chi connectivity index (χ1n) is 6.45.